The van der Waals surface area contributed by atoms with Gasteiger partial charge in [-0.25, -0.2) is 4.79 Å². The predicted molar refractivity (Wildman–Crippen MR) is 80.1 cm³/mol. The van der Waals surface area contributed by atoms with Crippen molar-refractivity contribution in [2.45, 2.75) is 33.2 Å². The molecule has 0 saturated carbocycles. The molecule has 0 fully saturated rings. The zero-order chi connectivity index (χ0) is 15.0. The van der Waals surface area contributed by atoms with E-state index in [0.29, 0.717) is 30.4 Å². The van der Waals surface area contributed by atoms with Crippen LogP contribution in [-0.2, 0) is 0 Å². The Morgan fingerprint density at radius 2 is 2.00 bits per heavy atom. The number of ether oxygens (including phenoxy) is 1. The summed E-state index contributed by atoms with van der Waals surface area (Å²) in [5, 5.41) is 14.3. The first-order valence-electron chi connectivity index (χ1n) is 6.93. The van der Waals surface area contributed by atoms with Gasteiger partial charge in [-0.2, -0.15) is 0 Å². The van der Waals surface area contributed by atoms with E-state index in [4.69, 9.17) is 9.84 Å². The summed E-state index contributed by atoms with van der Waals surface area (Å²) in [6, 6.07) is 6.96. The van der Waals surface area contributed by atoms with Gasteiger partial charge in [0.1, 0.15) is 5.75 Å². The summed E-state index contributed by atoms with van der Waals surface area (Å²) in [5.74, 6) is 1.08. The molecule has 0 bridgehead atoms. The smallest absolute Gasteiger partial charge is 0.319 e. The van der Waals surface area contributed by atoms with Crippen LogP contribution in [0.15, 0.2) is 24.3 Å². The summed E-state index contributed by atoms with van der Waals surface area (Å²) in [6.45, 7) is 6.63. The maximum atomic E-state index is 11.8. The van der Waals surface area contributed by atoms with Crippen LogP contribution in [0.1, 0.15) is 27.2 Å². The highest BCUT2D eigenvalue weighted by Gasteiger charge is 2.10. The molecule has 0 saturated heterocycles. The Balaban J connectivity index is 2.60. The van der Waals surface area contributed by atoms with Crippen LogP contribution in [0, 0.1) is 5.92 Å². The van der Waals surface area contributed by atoms with Gasteiger partial charge in [0.25, 0.3) is 0 Å². The van der Waals surface area contributed by atoms with Crippen molar-refractivity contribution in [3.63, 3.8) is 0 Å². The summed E-state index contributed by atoms with van der Waals surface area (Å²) >= 11 is 0. The standard InChI is InChI=1S/C15H24N2O3/c1-11(2)10-20-14-7-5-4-6-13(14)17-15(19)16-12(3)8-9-18/h4-7,11-12,18H,8-10H2,1-3H3,(H2,16,17,19)/t12-/m1/s1. The second kappa shape index (κ2) is 8.43. The summed E-state index contributed by atoms with van der Waals surface area (Å²) in [7, 11) is 0. The third-order valence-corrected chi connectivity index (χ3v) is 2.65. The van der Waals surface area contributed by atoms with Crippen molar-refractivity contribution in [3.05, 3.63) is 24.3 Å². The van der Waals surface area contributed by atoms with Gasteiger partial charge in [-0.1, -0.05) is 26.0 Å². The summed E-state index contributed by atoms with van der Waals surface area (Å²) < 4.78 is 5.67. The van der Waals surface area contributed by atoms with Crippen LogP contribution in [0.4, 0.5) is 10.5 Å². The molecular formula is C15H24N2O3. The van der Waals surface area contributed by atoms with E-state index in [9.17, 15) is 4.79 Å². The van der Waals surface area contributed by atoms with E-state index in [1.165, 1.54) is 0 Å². The fourth-order valence-electron chi connectivity index (χ4n) is 1.60. The number of aliphatic hydroxyl groups excluding tert-OH is 1. The second-order valence-electron chi connectivity index (χ2n) is 5.21. The first-order valence-corrected chi connectivity index (χ1v) is 6.93. The maximum Gasteiger partial charge on any atom is 0.319 e. The molecule has 0 unspecified atom stereocenters. The summed E-state index contributed by atoms with van der Waals surface area (Å²) in [5.41, 5.74) is 0.641. The van der Waals surface area contributed by atoms with E-state index in [1.54, 1.807) is 6.07 Å². The van der Waals surface area contributed by atoms with Gasteiger partial charge in [-0.05, 0) is 31.4 Å². The Bertz CT molecular complexity index is 421. The van der Waals surface area contributed by atoms with Gasteiger partial charge in [0.2, 0.25) is 0 Å². The van der Waals surface area contributed by atoms with Crippen LogP contribution >= 0.6 is 0 Å². The number of para-hydroxylation sites is 2. The molecule has 5 heteroatoms. The molecule has 0 heterocycles. The minimum absolute atomic E-state index is 0.0511. The summed E-state index contributed by atoms with van der Waals surface area (Å²) in [4.78, 5) is 11.8. The van der Waals surface area contributed by atoms with E-state index in [-0.39, 0.29) is 18.7 Å². The Morgan fingerprint density at radius 1 is 1.30 bits per heavy atom. The molecule has 0 aliphatic rings. The van der Waals surface area contributed by atoms with Gasteiger partial charge >= 0.3 is 6.03 Å². The number of aliphatic hydroxyl groups is 1. The number of carbonyl (C=O) groups excluding carboxylic acids is 1. The normalized spacial score (nSPS) is 12.1. The quantitative estimate of drug-likeness (QED) is 0.719. The molecule has 0 aromatic heterocycles. The lowest BCUT2D eigenvalue weighted by Crippen LogP contribution is -2.36. The number of carbonyl (C=O) groups is 1. The Labute approximate surface area is 120 Å². The highest BCUT2D eigenvalue weighted by molar-refractivity contribution is 5.91. The molecule has 112 valence electrons. The second-order valence-corrected chi connectivity index (χ2v) is 5.21. The first kappa shape index (κ1) is 16.3. The number of nitrogens with one attached hydrogen (secondary N) is 2. The van der Waals surface area contributed by atoms with E-state index in [0.717, 1.165) is 0 Å². The van der Waals surface area contributed by atoms with Crippen molar-refractivity contribution in [1.82, 2.24) is 5.32 Å². The largest absolute Gasteiger partial charge is 0.491 e. The number of anilines is 1. The molecule has 0 radical (unpaired) electrons. The van der Waals surface area contributed by atoms with Crippen molar-refractivity contribution < 1.29 is 14.6 Å². The third-order valence-electron chi connectivity index (χ3n) is 2.65. The third kappa shape index (κ3) is 5.93. The minimum Gasteiger partial charge on any atom is -0.491 e. The number of benzene rings is 1. The zero-order valence-corrected chi connectivity index (χ0v) is 12.3. The van der Waals surface area contributed by atoms with Crippen LogP contribution in [0.5, 0.6) is 5.75 Å². The van der Waals surface area contributed by atoms with Crippen LogP contribution in [-0.4, -0.2) is 30.4 Å². The number of rotatable bonds is 7. The van der Waals surface area contributed by atoms with Crippen molar-refractivity contribution in [2.24, 2.45) is 5.92 Å². The maximum absolute atomic E-state index is 11.8. The van der Waals surface area contributed by atoms with E-state index in [1.807, 2.05) is 25.1 Å². The highest BCUT2D eigenvalue weighted by atomic mass is 16.5. The number of amides is 2. The van der Waals surface area contributed by atoms with E-state index >= 15 is 0 Å². The van der Waals surface area contributed by atoms with Crippen LogP contribution < -0.4 is 15.4 Å². The Kier molecular flexibility index (Phi) is 6.87. The van der Waals surface area contributed by atoms with Gasteiger partial charge in [0, 0.05) is 12.6 Å². The van der Waals surface area contributed by atoms with Gasteiger partial charge in [0.05, 0.1) is 12.3 Å². The zero-order valence-electron chi connectivity index (χ0n) is 12.3. The fourth-order valence-corrected chi connectivity index (χ4v) is 1.60. The SMILES string of the molecule is CC(C)COc1ccccc1NC(=O)N[C@H](C)CCO. The average molecular weight is 280 g/mol. The average Bonchev–Trinajstić information content (AvgIpc) is 2.37. The van der Waals surface area contributed by atoms with Crippen LogP contribution in [0.2, 0.25) is 0 Å². The molecular weight excluding hydrogens is 256 g/mol. The first-order chi connectivity index (χ1) is 9.52. The van der Waals surface area contributed by atoms with Crippen molar-refractivity contribution >= 4 is 11.7 Å². The molecule has 1 aromatic carbocycles. The molecule has 0 aliphatic carbocycles. The minimum atomic E-state index is -0.299. The van der Waals surface area contributed by atoms with Crippen molar-refractivity contribution in [1.29, 1.82) is 0 Å². The molecule has 1 aromatic rings. The topological polar surface area (TPSA) is 70.6 Å². The number of hydrogen-bond donors (Lipinski definition) is 3. The van der Waals surface area contributed by atoms with Crippen LogP contribution in [0.3, 0.4) is 0 Å². The molecule has 0 aliphatic heterocycles. The number of hydrogen-bond acceptors (Lipinski definition) is 3. The summed E-state index contributed by atoms with van der Waals surface area (Å²) in [6.07, 6.45) is 0.527. The fraction of sp³-hybridized carbons (Fsp3) is 0.533. The lowest BCUT2D eigenvalue weighted by Gasteiger charge is -2.16. The molecule has 20 heavy (non-hydrogen) atoms. The molecule has 1 atom stereocenters. The van der Waals surface area contributed by atoms with Gasteiger partial charge in [-0.15, -0.1) is 0 Å². The van der Waals surface area contributed by atoms with E-state index in [2.05, 4.69) is 24.5 Å². The molecule has 1 rings (SSSR count). The molecule has 0 spiro atoms. The highest BCUT2D eigenvalue weighted by Crippen LogP contribution is 2.24. The molecule has 3 N–H and O–H groups in total. The lowest BCUT2D eigenvalue weighted by molar-refractivity contribution is 0.240. The number of urea groups is 1. The molecule has 2 amide bonds. The van der Waals surface area contributed by atoms with Crippen LogP contribution in [0.25, 0.3) is 0 Å². The van der Waals surface area contributed by atoms with Gasteiger partial charge in [0.15, 0.2) is 0 Å². The van der Waals surface area contributed by atoms with Crippen molar-refractivity contribution in [3.8, 4) is 5.75 Å². The monoisotopic (exact) mass is 280 g/mol. The van der Waals surface area contributed by atoms with E-state index < -0.39 is 0 Å². The lowest BCUT2D eigenvalue weighted by atomic mass is 10.2. The Hall–Kier alpha value is -1.75. The molecule has 5 nitrogen and oxygen atoms in total. The van der Waals surface area contributed by atoms with Crippen molar-refractivity contribution in [2.75, 3.05) is 18.5 Å². The Morgan fingerprint density at radius 3 is 2.65 bits per heavy atom. The van der Waals surface area contributed by atoms with Gasteiger partial charge < -0.3 is 20.5 Å². The predicted octanol–water partition coefficient (Wildman–Crippen LogP) is 2.61. The van der Waals surface area contributed by atoms with Gasteiger partial charge in [-0.3, -0.25) is 0 Å².